The molecule has 0 saturated heterocycles. The molecule has 4 heteroatoms. The highest BCUT2D eigenvalue weighted by atomic mass is 16.3. The van der Waals surface area contributed by atoms with Crippen molar-refractivity contribution in [1.29, 1.82) is 0 Å². The van der Waals surface area contributed by atoms with Crippen LogP contribution in [0.5, 0.6) is 0 Å². The van der Waals surface area contributed by atoms with Crippen molar-refractivity contribution >= 4 is 16.9 Å². The summed E-state index contributed by atoms with van der Waals surface area (Å²) in [5.74, 6) is 0.254. The molecule has 4 rings (SSSR count). The van der Waals surface area contributed by atoms with Crippen LogP contribution in [0.25, 0.3) is 11.0 Å². The standard InChI is InChI=1S/C17H14N2O2/c20-17-16-14(13-8-4-5-9-15(13)21-16)11-19(18-17)10-12-6-2-1-3-7-12/h1-9H,10-11H2,(H,18,20). The Morgan fingerprint density at radius 2 is 1.81 bits per heavy atom. The summed E-state index contributed by atoms with van der Waals surface area (Å²) < 4.78 is 5.66. The zero-order chi connectivity index (χ0) is 14.2. The third-order valence-electron chi connectivity index (χ3n) is 3.73. The van der Waals surface area contributed by atoms with Crippen molar-refractivity contribution in [2.75, 3.05) is 0 Å². The van der Waals surface area contributed by atoms with Crippen molar-refractivity contribution < 1.29 is 9.21 Å². The minimum Gasteiger partial charge on any atom is -0.451 e. The van der Waals surface area contributed by atoms with Crippen LogP contribution < -0.4 is 5.43 Å². The third kappa shape index (κ3) is 2.10. The van der Waals surface area contributed by atoms with Crippen LogP contribution in [0.2, 0.25) is 0 Å². The molecule has 2 aromatic carbocycles. The van der Waals surface area contributed by atoms with Gasteiger partial charge >= 0.3 is 5.91 Å². The molecular weight excluding hydrogens is 264 g/mol. The fourth-order valence-electron chi connectivity index (χ4n) is 2.76. The van der Waals surface area contributed by atoms with Crippen molar-refractivity contribution in [3.8, 4) is 0 Å². The Kier molecular flexibility index (Phi) is 2.75. The minimum atomic E-state index is -0.177. The second-order valence-corrected chi connectivity index (χ2v) is 5.19. The van der Waals surface area contributed by atoms with Crippen LogP contribution >= 0.6 is 0 Å². The van der Waals surface area contributed by atoms with Crippen molar-refractivity contribution in [2.24, 2.45) is 0 Å². The van der Waals surface area contributed by atoms with Crippen LogP contribution in [0.3, 0.4) is 0 Å². The van der Waals surface area contributed by atoms with E-state index in [9.17, 15) is 4.79 Å². The molecule has 0 atom stereocenters. The molecule has 0 spiro atoms. The zero-order valence-corrected chi connectivity index (χ0v) is 11.4. The highest BCUT2D eigenvalue weighted by molar-refractivity contribution is 5.99. The normalized spacial score (nSPS) is 15.0. The predicted octanol–water partition coefficient (Wildman–Crippen LogP) is 3.09. The van der Waals surface area contributed by atoms with Gasteiger partial charge in [0.05, 0.1) is 0 Å². The van der Waals surface area contributed by atoms with E-state index in [0.29, 0.717) is 18.8 Å². The molecular formula is C17H14N2O2. The first-order chi connectivity index (χ1) is 10.3. The van der Waals surface area contributed by atoms with Crippen LogP contribution in [-0.4, -0.2) is 10.9 Å². The molecule has 0 bridgehead atoms. The van der Waals surface area contributed by atoms with Crippen LogP contribution in [0, 0.1) is 0 Å². The molecule has 1 aliphatic heterocycles. The number of benzene rings is 2. The summed E-state index contributed by atoms with van der Waals surface area (Å²) in [6.45, 7) is 1.32. The molecule has 104 valence electrons. The number of hydrogen-bond donors (Lipinski definition) is 1. The van der Waals surface area contributed by atoms with Crippen molar-refractivity contribution in [2.45, 2.75) is 13.1 Å². The van der Waals surface area contributed by atoms with E-state index in [0.717, 1.165) is 22.1 Å². The van der Waals surface area contributed by atoms with E-state index >= 15 is 0 Å². The van der Waals surface area contributed by atoms with Gasteiger partial charge in [0, 0.05) is 24.0 Å². The summed E-state index contributed by atoms with van der Waals surface area (Å²) in [5, 5.41) is 2.93. The lowest BCUT2D eigenvalue weighted by Crippen LogP contribution is -2.45. The predicted molar refractivity (Wildman–Crippen MR) is 79.4 cm³/mol. The second kappa shape index (κ2) is 4.75. The first kappa shape index (κ1) is 12.2. The van der Waals surface area contributed by atoms with Crippen molar-refractivity contribution in [1.82, 2.24) is 10.4 Å². The Morgan fingerprint density at radius 3 is 2.67 bits per heavy atom. The first-order valence-corrected chi connectivity index (χ1v) is 6.91. The Bertz CT molecular complexity index is 808. The van der Waals surface area contributed by atoms with Gasteiger partial charge in [-0.3, -0.25) is 10.2 Å². The van der Waals surface area contributed by atoms with Gasteiger partial charge in [-0.15, -0.1) is 0 Å². The summed E-state index contributed by atoms with van der Waals surface area (Å²) in [5.41, 5.74) is 5.77. The van der Waals surface area contributed by atoms with Crippen LogP contribution in [-0.2, 0) is 13.1 Å². The maximum absolute atomic E-state index is 12.2. The van der Waals surface area contributed by atoms with E-state index in [1.807, 2.05) is 47.5 Å². The van der Waals surface area contributed by atoms with E-state index in [1.54, 1.807) is 0 Å². The lowest BCUT2D eigenvalue weighted by molar-refractivity contribution is 0.0682. The highest BCUT2D eigenvalue weighted by Crippen LogP contribution is 2.29. The minimum absolute atomic E-state index is 0.177. The number of amides is 1. The number of nitrogens with zero attached hydrogens (tertiary/aromatic N) is 1. The first-order valence-electron chi connectivity index (χ1n) is 6.91. The molecule has 3 aromatic rings. The Balaban J connectivity index is 1.69. The molecule has 0 fully saturated rings. The lowest BCUT2D eigenvalue weighted by Gasteiger charge is -2.26. The number of carbonyl (C=O) groups excluding carboxylic acids is 1. The van der Waals surface area contributed by atoms with Crippen LogP contribution in [0.1, 0.15) is 21.7 Å². The largest absolute Gasteiger partial charge is 0.451 e. The quantitative estimate of drug-likeness (QED) is 0.783. The summed E-state index contributed by atoms with van der Waals surface area (Å²) in [7, 11) is 0. The molecule has 0 radical (unpaired) electrons. The lowest BCUT2D eigenvalue weighted by atomic mass is 10.1. The Labute approximate surface area is 121 Å². The number of carbonyl (C=O) groups is 1. The maximum Gasteiger partial charge on any atom is 0.301 e. The molecule has 1 amide bonds. The summed E-state index contributed by atoms with van der Waals surface area (Å²) in [6, 6.07) is 17.9. The SMILES string of the molecule is O=C1NN(Cc2ccccc2)Cc2c1oc1ccccc21. The number of hydrogen-bond acceptors (Lipinski definition) is 3. The molecule has 0 unspecified atom stereocenters. The number of hydrazine groups is 1. The summed E-state index contributed by atoms with van der Waals surface area (Å²) in [6.07, 6.45) is 0. The molecule has 0 aliphatic carbocycles. The maximum atomic E-state index is 12.2. The topological polar surface area (TPSA) is 45.5 Å². The molecule has 1 aromatic heterocycles. The van der Waals surface area contributed by atoms with E-state index < -0.39 is 0 Å². The number of fused-ring (bicyclic) bond motifs is 3. The highest BCUT2D eigenvalue weighted by Gasteiger charge is 2.28. The average Bonchev–Trinajstić information content (AvgIpc) is 2.88. The molecule has 0 saturated carbocycles. The van der Waals surface area contributed by atoms with Crippen molar-refractivity contribution in [3.05, 3.63) is 71.5 Å². The van der Waals surface area contributed by atoms with Gasteiger partial charge in [-0.2, -0.15) is 0 Å². The zero-order valence-electron chi connectivity index (χ0n) is 11.4. The fraction of sp³-hybridized carbons (Fsp3) is 0.118. The molecule has 2 heterocycles. The van der Waals surface area contributed by atoms with Crippen LogP contribution in [0.15, 0.2) is 59.0 Å². The van der Waals surface area contributed by atoms with Gasteiger partial charge in [0.15, 0.2) is 5.76 Å². The number of furan rings is 1. The van der Waals surface area contributed by atoms with E-state index in [2.05, 4.69) is 17.6 Å². The van der Waals surface area contributed by atoms with E-state index in [4.69, 9.17) is 4.42 Å². The van der Waals surface area contributed by atoms with Crippen molar-refractivity contribution in [3.63, 3.8) is 0 Å². The number of rotatable bonds is 2. The average molecular weight is 278 g/mol. The second-order valence-electron chi connectivity index (χ2n) is 5.19. The van der Waals surface area contributed by atoms with E-state index in [1.165, 1.54) is 0 Å². The van der Waals surface area contributed by atoms with Gasteiger partial charge in [-0.1, -0.05) is 48.5 Å². The third-order valence-corrected chi connectivity index (χ3v) is 3.73. The Hall–Kier alpha value is -2.59. The van der Waals surface area contributed by atoms with E-state index in [-0.39, 0.29) is 5.91 Å². The molecule has 21 heavy (non-hydrogen) atoms. The van der Waals surface area contributed by atoms with Gasteiger partial charge in [0.1, 0.15) is 5.58 Å². The van der Waals surface area contributed by atoms with Gasteiger partial charge in [0.25, 0.3) is 0 Å². The molecule has 4 nitrogen and oxygen atoms in total. The summed E-state index contributed by atoms with van der Waals surface area (Å²) in [4.78, 5) is 12.2. The fourth-order valence-corrected chi connectivity index (χ4v) is 2.76. The van der Waals surface area contributed by atoms with Crippen LogP contribution in [0.4, 0.5) is 0 Å². The summed E-state index contributed by atoms with van der Waals surface area (Å²) >= 11 is 0. The van der Waals surface area contributed by atoms with Gasteiger partial charge < -0.3 is 4.42 Å². The monoisotopic (exact) mass is 278 g/mol. The van der Waals surface area contributed by atoms with Gasteiger partial charge in [-0.25, -0.2) is 5.01 Å². The number of nitrogens with one attached hydrogen (secondary N) is 1. The van der Waals surface area contributed by atoms with Gasteiger partial charge in [-0.05, 0) is 11.6 Å². The van der Waals surface area contributed by atoms with Gasteiger partial charge in [0.2, 0.25) is 0 Å². The smallest absolute Gasteiger partial charge is 0.301 e. The Morgan fingerprint density at radius 1 is 1.05 bits per heavy atom. The molecule has 1 N–H and O–H groups in total. The number of para-hydroxylation sites is 1. The molecule has 1 aliphatic rings.